The number of nitrogens with one attached hydrogen (secondary N) is 1. The first kappa shape index (κ1) is 20.0. The van der Waals surface area contributed by atoms with E-state index in [1.807, 2.05) is 19.2 Å². The number of fused-ring (bicyclic) bond motifs is 2. The monoisotopic (exact) mass is 393 g/mol. The van der Waals surface area contributed by atoms with Crippen LogP contribution in [0.1, 0.15) is 24.1 Å². The second-order valence-electron chi connectivity index (χ2n) is 7.11. The number of hydrogen-bond donors (Lipinski definition) is 1. The molecule has 28 heavy (non-hydrogen) atoms. The number of nitriles is 1. The van der Waals surface area contributed by atoms with Crippen LogP contribution in [0, 0.1) is 11.3 Å². The summed E-state index contributed by atoms with van der Waals surface area (Å²) in [4.78, 5) is 2.16. The molecule has 0 spiro atoms. The van der Waals surface area contributed by atoms with Gasteiger partial charge in [0.1, 0.15) is 11.9 Å². The Morgan fingerprint density at radius 1 is 1.18 bits per heavy atom. The van der Waals surface area contributed by atoms with Gasteiger partial charge in [0.2, 0.25) is 0 Å². The summed E-state index contributed by atoms with van der Waals surface area (Å²) in [6.45, 7) is 3.74. The van der Waals surface area contributed by atoms with Crippen molar-refractivity contribution in [3.8, 4) is 11.8 Å². The summed E-state index contributed by atoms with van der Waals surface area (Å²) in [6.07, 6.45) is 0.0628. The zero-order chi connectivity index (χ0) is 18.8. The van der Waals surface area contributed by atoms with Crippen molar-refractivity contribution >= 4 is 28.9 Å². The van der Waals surface area contributed by atoms with Crippen LogP contribution in [0.15, 0.2) is 60.7 Å². The molecule has 0 aromatic heterocycles. The number of nitrogens with zero attached hydrogens (tertiary/aromatic N) is 2. The average Bonchev–Trinajstić information content (AvgIpc) is 2.71. The van der Waals surface area contributed by atoms with Crippen molar-refractivity contribution in [2.45, 2.75) is 19.1 Å². The molecule has 0 saturated heterocycles. The van der Waals surface area contributed by atoms with Crippen molar-refractivity contribution in [1.29, 1.82) is 5.26 Å². The topological polar surface area (TPSA) is 48.3 Å². The largest absolute Gasteiger partial charge is 0.485 e. The van der Waals surface area contributed by atoms with E-state index in [0.29, 0.717) is 5.56 Å². The van der Waals surface area contributed by atoms with Gasteiger partial charge in [-0.25, -0.2) is 0 Å². The highest BCUT2D eigenvalue weighted by atomic mass is 35.5. The number of benzene rings is 3. The molecule has 1 N–H and O–H groups in total. The normalized spacial score (nSPS) is 16.5. The van der Waals surface area contributed by atoms with Crippen LogP contribution in [0.3, 0.4) is 0 Å². The smallest absolute Gasteiger partial charge is 0.143 e. The molecule has 0 amide bonds. The molecule has 5 heteroatoms. The van der Waals surface area contributed by atoms with Gasteiger partial charge in [0, 0.05) is 19.6 Å². The Hall–Kier alpha value is -2.74. The van der Waals surface area contributed by atoms with Crippen LogP contribution in [-0.4, -0.2) is 26.2 Å². The molecule has 4 nitrogen and oxygen atoms in total. The number of anilines is 1. The van der Waals surface area contributed by atoms with Gasteiger partial charge in [0.15, 0.2) is 0 Å². The van der Waals surface area contributed by atoms with E-state index in [2.05, 4.69) is 65.7 Å². The summed E-state index contributed by atoms with van der Waals surface area (Å²) in [5.41, 5.74) is 2.94. The Labute approximate surface area is 172 Å². The van der Waals surface area contributed by atoms with Gasteiger partial charge >= 0.3 is 0 Å². The lowest BCUT2D eigenvalue weighted by Gasteiger charge is -2.34. The molecule has 0 saturated carbocycles. The first-order valence-electron chi connectivity index (χ1n) is 9.28. The molecule has 3 aromatic carbocycles. The molecule has 0 aliphatic carbocycles. The van der Waals surface area contributed by atoms with Crippen molar-refractivity contribution in [2.24, 2.45) is 0 Å². The predicted octanol–water partition coefficient (Wildman–Crippen LogP) is 4.68. The minimum Gasteiger partial charge on any atom is -0.485 e. The molecule has 4 rings (SSSR count). The van der Waals surface area contributed by atoms with E-state index in [9.17, 15) is 0 Å². The summed E-state index contributed by atoms with van der Waals surface area (Å²) in [5, 5.41) is 15.3. The lowest BCUT2D eigenvalue weighted by atomic mass is 9.99. The standard InChI is InChI=1S/C23H23N3O.ClH/c1-16(20-9-5-7-18-6-3-4-8-21(18)20)25-14-19-15-26(2)22-12-17(13-24)10-11-23(22)27-19;/h3-12,16,19,25H,14-15H2,1-2H3;1H/t16-,19?;/m1./s1. The fraction of sp³-hybridized carbons (Fsp3) is 0.261. The molecule has 1 aliphatic heterocycles. The van der Waals surface area contributed by atoms with Crippen molar-refractivity contribution in [3.63, 3.8) is 0 Å². The van der Waals surface area contributed by atoms with Crippen LogP contribution >= 0.6 is 12.4 Å². The number of rotatable bonds is 4. The molecule has 2 atom stereocenters. The fourth-order valence-corrected chi connectivity index (χ4v) is 3.76. The maximum Gasteiger partial charge on any atom is 0.143 e. The number of ether oxygens (including phenoxy) is 1. The molecule has 0 radical (unpaired) electrons. The quantitative estimate of drug-likeness (QED) is 0.699. The third-order valence-electron chi connectivity index (χ3n) is 5.21. The zero-order valence-corrected chi connectivity index (χ0v) is 16.9. The second-order valence-corrected chi connectivity index (χ2v) is 7.11. The Balaban J connectivity index is 0.00000225. The van der Waals surface area contributed by atoms with Crippen molar-refractivity contribution in [1.82, 2.24) is 5.32 Å². The maximum atomic E-state index is 9.09. The summed E-state index contributed by atoms with van der Waals surface area (Å²) in [5.74, 6) is 0.840. The van der Waals surface area contributed by atoms with E-state index in [1.165, 1.54) is 16.3 Å². The Morgan fingerprint density at radius 2 is 1.96 bits per heavy atom. The molecule has 1 aliphatic rings. The van der Waals surface area contributed by atoms with Crippen LogP contribution in [0.25, 0.3) is 10.8 Å². The summed E-state index contributed by atoms with van der Waals surface area (Å²) < 4.78 is 6.16. The van der Waals surface area contributed by atoms with Gasteiger partial charge < -0.3 is 15.0 Å². The Kier molecular flexibility index (Phi) is 6.08. The van der Waals surface area contributed by atoms with Gasteiger partial charge in [-0.3, -0.25) is 0 Å². The molecule has 1 heterocycles. The molecule has 0 bridgehead atoms. The highest BCUT2D eigenvalue weighted by molar-refractivity contribution is 5.86. The SMILES string of the molecule is C[C@@H](NCC1CN(C)c2cc(C#N)ccc2O1)c1cccc2ccccc12.Cl. The van der Waals surface area contributed by atoms with E-state index < -0.39 is 0 Å². The fourth-order valence-electron chi connectivity index (χ4n) is 3.76. The van der Waals surface area contributed by atoms with Gasteiger partial charge in [-0.1, -0.05) is 42.5 Å². The Bertz CT molecular complexity index is 1010. The average molecular weight is 394 g/mol. The van der Waals surface area contributed by atoms with Gasteiger partial charge in [-0.2, -0.15) is 5.26 Å². The summed E-state index contributed by atoms with van der Waals surface area (Å²) in [6, 6.07) is 22.9. The van der Waals surface area contributed by atoms with Crippen LogP contribution < -0.4 is 15.0 Å². The van der Waals surface area contributed by atoms with Gasteiger partial charge in [0.05, 0.1) is 23.9 Å². The number of likely N-dealkylation sites (N-methyl/N-ethyl adjacent to an activating group) is 1. The van der Waals surface area contributed by atoms with E-state index >= 15 is 0 Å². The van der Waals surface area contributed by atoms with E-state index in [-0.39, 0.29) is 24.6 Å². The van der Waals surface area contributed by atoms with Crippen LogP contribution in [0.4, 0.5) is 5.69 Å². The minimum atomic E-state index is 0. The molecular weight excluding hydrogens is 370 g/mol. The zero-order valence-electron chi connectivity index (χ0n) is 16.1. The molecule has 0 fully saturated rings. The van der Waals surface area contributed by atoms with Gasteiger partial charge in [-0.05, 0) is 41.5 Å². The lowest BCUT2D eigenvalue weighted by molar-refractivity contribution is 0.188. The third kappa shape index (κ3) is 3.91. The summed E-state index contributed by atoms with van der Waals surface area (Å²) in [7, 11) is 2.05. The molecule has 144 valence electrons. The molecule has 1 unspecified atom stereocenters. The lowest BCUT2D eigenvalue weighted by Crippen LogP contribution is -2.44. The third-order valence-corrected chi connectivity index (χ3v) is 5.21. The van der Waals surface area contributed by atoms with Crippen LogP contribution in [-0.2, 0) is 0 Å². The predicted molar refractivity (Wildman–Crippen MR) is 116 cm³/mol. The van der Waals surface area contributed by atoms with Crippen molar-refractivity contribution in [3.05, 3.63) is 71.8 Å². The first-order valence-corrected chi connectivity index (χ1v) is 9.28. The van der Waals surface area contributed by atoms with Gasteiger partial charge in [0.25, 0.3) is 0 Å². The van der Waals surface area contributed by atoms with Crippen LogP contribution in [0.5, 0.6) is 5.75 Å². The van der Waals surface area contributed by atoms with Crippen molar-refractivity contribution in [2.75, 3.05) is 25.0 Å². The van der Waals surface area contributed by atoms with E-state index in [4.69, 9.17) is 10.00 Å². The van der Waals surface area contributed by atoms with Crippen molar-refractivity contribution < 1.29 is 4.74 Å². The maximum absolute atomic E-state index is 9.09. The second kappa shape index (κ2) is 8.52. The highest BCUT2D eigenvalue weighted by Gasteiger charge is 2.24. The number of halogens is 1. The Morgan fingerprint density at radius 3 is 2.79 bits per heavy atom. The van der Waals surface area contributed by atoms with E-state index in [1.54, 1.807) is 6.07 Å². The van der Waals surface area contributed by atoms with E-state index in [0.717, 1.165) is 24.5 Å². The first-order chi connectivity index (χ1) is 13.2. The van der Waals surface area contributed by atoms with Gasteiger partial charge in [-0.15, -0.1) is 12.4 Å². The molecular formula is C23H24ClN3O. The summed E-state index contributed by atoms with van der Waals surface area (Å²) >= 11 is 0. The van der Waals surface area contributed by atoms with Crippen LogP contribution in [0.2, 0.25) is 0 Å². The minimum absolute atomic E-state index is 0. The molecule has 3 aromatic rings. The number of hydrogen-bond acceptors (Lipinski definition) is 4. The highest BCUT2D eigenvalue weighted by Crippen LogP contribution is 2.33.